The van der Waals surface area contributed by atoms with Crippen LogP contribution < -0.4 is 0 Å². The molecule has 1 aliphatic rings. The zero-order valence-electron chi connectivity index (χ0n) is 10.7. The molecule has 0 aromatic carbocycles. The highest BCUT2D eigenvalue weighted by Gasteiger charge is 2.60. The van der Waals surface area contributed by atoms with Crippen molar-refractivity contribution in [3.63, 3.8) is 0 Å². The van der Waals surface area contributed by atoms with Crippen LogP contribution in [-0.2, 0) is 28.6 Å². The van der Waals surface area contributed by atoms with Crippen LogP contribution in [0.3, 0.4) is 0 Å². The van der Waals surface area contributed by atoms with Crippen molar-refractivity contribution in [1.29, 1.82) is 0 Å². The first-order valence-electron chi connectivity index (χ1n) is 5.74. The molecule has 1 aliphatic heterocycles. The lowest BCUT2D eigenvalue weighted by molar-refractivity contribution is -0.203. The molecule has 18 heavy (non-hydrogen) atoms. The number of morpholine rings is 1. The molecule has 1 heterocycles. The number of amides is 1. The van der Waals surface area contributed by atoms with Crippen LogP contribution >= 0.6 is 0 Å². The second kappa shape index (κ2) is 5.81. The lowest BCUT2D eigenvalue weighted by Gasteiger charge is -2.35. The molecular weight excluding hydrogens is 242 g/mol. The van der Waals surface area contributed by atoms with E-state index in [4.69, 9.17) is 14.2 Å². The number of rotatable bonds is 4. The van der Waals surface area contributed by atoms with Gasteiger partial charge in [0.15, 0.2) is 0 Å². The minimum atomic E-state index is -2.31. The molecule has 102 valence electrons. The van der Waals surface area contributed by atoms with Gasteiger partial charge in [0.25, 0.3) is 5.91 Å². The highest BCUT2D eigenvalue weighted by molar-refractivity contribution is 6.23. The highest BCUT2D eigenvalue weighted by atomic mass is 16.6. The maximum atomic E-state index is 12.1. The molecule has 1 rings (SSSR count). The summed E-state index contributed by atoms with van der Waals surface area (Å²) in [5.41, 5.74) is -2.31. The predicted molar refractivity (Wildman–Crippen MR) is 59.6 cm³/mol. The summed E-state index contributed by atoms with van der Waals surface area (Å²) in [5, 5.41) is 0. The molecule has 0 bridgehead atoms. The normalized spacial score (nSPS) is 18.4. The highest BCUT2D eigenvalue weighted by Crippen LogP contribution is 2.23. The van der Waals surface area contributed by atoms with Crippen LogP contribution in [0.1, 0.15) is 13.8 Å². The molecule has 0 N–H and O–H groups in total. The Morgan fingerprint density at radius 1 is 1.28 bits per heavy atom. The fourth-order valence-corrected chi connectivity index (χ4v) is 1.61. The SMILES string of the molecule is CCOC(=O)C1(C(=O)OCC)OCCN(C)C1=O. The molecular formula is C11H17NO6. The van der Waals surface area contributed by atoms with Crippen LogP contribution in [-0.4, -0.2) is 61.8 Å². The van der Waals surface area contributed by atoms with Crippen molar-refractivity contribution in [3.8, 4) is 0 Å². The van der Waals surface area contributed by atoms with Crippen molar-refractivity contribution in [2.24, 2.45) is 0 Å². The third-order valence-electron chi connectivity index (χ3n) is 2.52. The van der Waals surface area contributed by atoms with Gasteiger partial charge in [-0.2, -0.15) is 0 Å². The number of carbonyl (C=O) groups is 3. The van der Waals surface area contributed by atoms with E-state index in [0.29, 0.717) is 6.54 Å². The monoisotopic (exact) mass is 259 g/mol. The number of carbonyl (C=O) groups excluding carboxylic acids is 3. The third kappa shape index (κ3) is 2.31. The van der Waals surface area contributed by atoms with Gasteiger partial charge in [-0.3, -0.25) is 4.79 Å². The first-order valence-corrected chi connectivity index (χ1v) is 5.74. The molecule has 0 aromatic heterocycles. The smallest absolute Gasteiger partial charge is 0.360 e. The lowest BCUT2D eigenvalue weighted by atomic mass is 10.0. The Morgan fingerprint density at radius 2 is 1.78 bits per heavy atom. The van der Waals surface area contributed by atoms with Gasteiger partial charge in [-0.05, 0) is 13.8 Å². The van der Waals surface area contributed by atoms with E-state index >= 15 is 0 Å². The zero-order chi connectivity index (χ0) is 13.8. The first kappa shape index (κ1) is 14.4. The summed E-state index contributed by atoms with van der Waals surface area (Å²) < 4.78 is 14.7. The Labute approximate surface area is 105 Å². The fraction of sp³-hybridized carbons (Fsp3) is 0.727. The largest absolute Gasteiger partial charge is 0.463 e. The Hall–Kier alpha value is -1.63. The van der Waals surface area contributed by atoms with Gasteiger partial charge in [-0.15, -0.1) is 0 Å². The first-order chi connectivity index (χ1) is 8.50. The summed E-state index contributed by atoms with van der Waals surface area (Å²) >= 11 is 0. The molecule has 0 aliphatic carbocycles. The van der Waals surface area contributed by atoms with Crippen molar-refractivity contribution >= 4 is 17.8 Å². The number of hydrogen-bond acceptors (Lipinski definition) is 6. The maximum absolute atomic E-state index is 12.1. The van der Waals surface area contributed by atoms with Crippen LogP contribution in [0.5, 0.6) is 0 Å². The second-order valence-corrected chi connectivity index (χ2v) is 3.70. The number of ether oxygens (including phenoxy) is 3. The molecule has 0 unspecified atom stereocenters. The van der Waals surface area contributed by atoms with Gasteiger partial charge in [-0.1, -0.05) is 0 Å². The third-order valence-corrected chi connectivity index (χ3v) is 2.52. The van der Waals surface area contributed by atoms with Gasteiger partial charge in [0, 0.05) is 13.6 Å². The molecule has 1 fully saturated rings. The molecule has 0 atom stereocenters. The van der Waals surface area contributed by atoms with E-state index in [0.717, 1.165) is 0 Å². The van der Waals surface area contributed by atoms with E-state index in [1.165, 1.54) is 11.9 Å². The summed E-state index contributed by atoms with van der Waals surface area (Å²) in [6.45, 7) is 3.61. The van der Waals surface area contributed by atoms with Crippen molar-refractivity contribution in [2.75, 3.05) is 33.4 Å². The van der Waals surface area contributed by atoms with E-state index in [-0.39, 0.29) is 19.8 Å². The van der Waals surface area contributed by atoms with Crippen molar-refractivity contribution in [2.45, 2.75) is 19.4 Å². The molecule has 0 aromatic rings. The molecule has 0 saturated carbocycles. The lowest BCUT2D eigenvalue weighted by Crippen LogP contribution is -2.65. The minimum absolute atomic E-state index is 0.0420. The van der Waals surface area contributed by atoms with Gasteiger partial charge in [0.1, 0.15) is 0 Å². The summed E-state index contributed by atoms with van der Waals surface area (Å²) in [6.07, 6.45) is 0. The van der Waals surface area contributed by atoms with E-state index in [9.17, 15) is 14.4 Å². The van der Waals surface area contributed by atoms with Crippen LogP contribution in [0.2, 0.25) is 0 Å². The Balaban J connectivity index is 3.11. The minimum Gasteiger partial charge on any atom is -0.463 e. The number of nitrogens with zero attached hydrogens (tertiary/aromatic N) is 1. The van der Waals surface area contributed by atoms with Crippen LogP contribution in [0, 0.1) is 0 Å². The van der Waals surface area contributed by atoms with Gasteiger partial charge < -0.3 is 19.1 Å². The summed E-state index contributed by atoms with van der Waals surface area (Å²) in [5.74, 6) is -2.81. The van der Waals surface area contributed by atoms with Gasteiger partial charge >= 0.3 is 17.5 Å². The maximum Gasteiger partial charge on any atom is 0.360 e. The molecule has 0 spiro atoms. The van der Waals surface area contributed by atoms with E-state index in [1.807, 2.05) is 0 Å². The standard InChI is InChI=1S/C11H17NO6/c1-4-16-9(14)11(10(15)17-5-2)8(13)12(3)6-7-18-11/h4-7H2,1-3H3. The van der Waals surface area contributed by atoms with Crippen molar-refractivity contribution < 1.29 is 28.6 Å². The van der Waals surface area contributed by atoms with Gasteiger partial charge in [0.05, 0.1) is 19.8 Å². The topological polar surface area (TPSA) is 82.1 Å². The average molecular weight is 259 g/mol. The predicted octanol–water partition coefficient (Wildman–Crippen LogP) is -0.660. The van der Waals surface area contributed by atoms with Crippen LogP contribution in [0.15, 0.2) is 0 Å². The van der Waals surface area contributed by atoms with E-state index in [1.54, 1.807) is 13.8 Å². The summed E-state index contributed by atoms with van der Waals surface area (Å²) in [7, 11) is 1.48. The molecule has 1 amide bonds. The average Bonchev–Trinajstić information content (AvgIpc) is 2.33. The number of esters is 2. The molecule has 0 radical (unpaired) electrons. The number of hydrogen-bond donors (Lipinski definition) is 0. The summed E-state index contributed by atoms with van der Waals surface area (Å²) in [4.78, 5) is 37.1. The van der Waals surface area contributed by atoms with Crippen LogP contribution in [0.25, 0.3) is 0 Å². The fourth-order valence-electron chi connectivity index (χ4n) is 1.61. The number of likely N-dealkylation sites (N-methyl/N-ethyl adjacent to an activating group) is 1. The van der Waals surface area contributed by atoms with E-state index in [2.05, 4.69) is 0 Å². The van der Waals surface area contributed by atoms with Gasteiger partial charge in [0.2, 0.25) is 0 Å². The molecule has 7 heteroatoms. The van der Waals surface area contributed by atoms with Crippen molar-refractivity contribution in [3.05, 3.63) is 0 Å². The Morgan fingerprint density at radius 3 is 2.22 bits per heavy atom. The summed E-state index contributed by atoms with van der Waals surface area (Å²) in [6, 6.07) is 0. The Kier molecular flexibility index (Phi) is 4.66. The molecule has 1 saturated heterocycles. The van der Waals surface area contributed by atoms with Crippen LogP contribution in [0.4, 0.5) is 0 Å². The molecule has 7 nitrogen and oxygen atoms in total. The Bertz CT molecular complexity index is 335. The second-order valence-electron chi connectivity index (χ2n) is 3.70. The van der Waals surface area contributed by atoms with Gasteiger partial charge in [-0.25, -0.2) is 9.59 Å². The zero-order valence-corrected chi connectivity index (χ0v) is 10.7. The van der Waals surface area contributed by atoms with E-state index < -0.39 is 23.4 Å². The quantitative estimate of drug-likeness (QED) is 0.492. The van der Waals surface area contributed by atoms with Crippen molar-refractivity contribution in [1.82, 2.24) is 4.90 Å².